The molecule has 1 aliphatic carbocycles. The second kappa shape index (κ2) is 17.8. The largest absolute Gasteiger partial charge is 0.444 e. The number of Topliss-reactive ketones (excluding diaryl/α,β-unsaturated/α-hetero) is 1. The number of nitrogens with one attached hydrogen (secondary N) is 2. The average Bonchev–Trinajstić information content (AvgIpc) is 3.72. The van der Waals surface area contributed by atoms with Gasteiger partial charge in [-0.15, -0.1) is 5.11 Å². The number of ether oxygens (including phenoxy) is 2. The number of benzene rings is 3. The zero-order chi connectivity index (χ0) is 39.0. The van der Waals surface area contributed by atoms with Crippen molar-refractivity contribution in [3.8, 4) is 11.1 Å². The Morgan fingerprint density at radius 1 is 0.927 bits per heavy atom. The van der Waals surface area contributed by atoms with E-state index in [1.807, 2.05) is 63.2 Å². The van der Waals surface area contributed by atoms with Gasteiger partial charge >= 0.3 is 6.09 Å². The molecular formula is C41H50N6O7S. The minimum absolute atomic E-state index is 0.0387. The monoisotopic (exact) mass is 770 g/mol. The number of aliphatic imine (C=N–C) groups is 1. The number of morpholine rings is 1. The number of sulfonamides is 1. The Morgan fingerprint density at radius 3 is 2.35 bits per heavy atom. The van der Waals surface area contributed by atoms with Gasteiger partial charge in [-0.3, -0.25) is 9.59 Å². The predicted molar refractivity (Wildman–Crippen MR) is 209 cm³/mol. The van der Waals surface area contributed by atoms with E-state index in [-0.39, 0.29) is 54.4 Å². The van der Waals surface area contributed by atoms with Crippen molar-refractivity contribution in [1.82, 2.24) is 9.62 Å². The number of carbonyl (C=O) groups excluding carboxylic acids is 3. The summed E-state index contributed by atoms with van der Waals surface area (Å²) in [6.45, 7) is 7.51. The molecule has 3 aromatic rings. The van der Waals surface area contributed by atoms with E-state index in [2.05, 4.69) is 25.9 Å². The van der Waals surface area contributed by atoms with Crippen LogP contribution >= 0.6 is 0 Å². The Labute approximate surface area is 323 Å². The number of azo groups is 1. The van der Waals surface area contributed by atoms with Gasteiger partial charge in [-0.05, 0) is 100 Å². The van der Waals surface area contributed by atoms with E-state index in [4.69, 9.17) is 9.47 Å². The van der Waals surface area contributed by atoms with Gasteiger partial charge in [-0.2, -0.15) is 9.42 Å². The molecule has 0 aromatic heterocycles. The fourth-order valence-corrected chi connectivity index (χ4v) is 8.85. The fourth-order valence-electron chi connectivity index (χ4n) is 7.23. The molecule has 6 rings (SSSR count). The molecule has 0 unspecified atom stereocenters. The number of nitrogens with zero attached hydrogens (tertiary/aromatic N) is 4. The van der Waals surface area contributed by atoms with Gasteiger partial charge in [-0.1, -0.05) is 42.5 Å². The second-order valence-electron chi connectivity index (χ2n) is 15.3. The average molecular weight is 771 g/mol. The van der Waals surface area contributed by atoms with Crippen molar-refractivity contribution in [3.05, 3.63) is 83.9 Å². The zero-order valence-corrected chi connectivity index (χ0v) is 32.5. The number of amides is 2. The highest BCUT2D eigenvalue weighted by molar-refractivity contribution is 7.89. The molecule has 2 N–H and O–H groups in total. The lowest BCUT2D eigenvalue weighted by Crippen LogP contribution is -2.40. The maximum Gasteiger partial charge on any atom is 0.407 e. The highest BCUT2D eigenvalue weighted by atomic mass is 32.2. The number of alkyl carbamates (subject to hydrolysis) is 1. The van der Waals surface area contributed by atoms with Crippen molar-refractivity contribution < 1.29 is 32.3 Å². The minimum atomic E-state index is -3.78. The molecule has 55 heavy (non-hydrogen) atoms. The van der Waals surface area contributed by atoms with Crippen LogP contribution in [0.4, 0.5) is 10.5 Å². The van der Waals surface area contributed by atoms with Gasteiger partial charge in [0.15, 0.2) is 12.5 Å². The molecule has 13 nitrogen and oxygen atoms in total. The Hall–Kier alpha value is -4.79. The van der Waals surface area contributed by atoms with E-state index in [0.717, 1.165) is 24.0 Å². The smallest absolute Gasteiger partial charge is 0.407 e. The van der Waals surface area contributed by atoms with Gasteiger partial charge in [0.05, 0.1) is 18.1 Å². The van der Waals surface area contributed by atoms with Crippen molar-refractivity contribution in [3.63, 3.8) is 0 Å². The van der Waals surface area contributed by atoms with Crippen molar-refractivity contribution in [1.29, 1.82) is 0 Å². The van der Waals surface area contributed by atoms with E-state index in [0.29, 0.717) is 61.9 Å². The highest BCUT2D eigenvalue weighted by Gasteiger charge is 2.32. The first-order valence-electron chi connectivity index (χ1n) is 18.9. The van der Waals surface area contributed by atoms with Gasteiger partial charge in [0.2, 0.25) is 15.9 Å². The maximum absolute atomic E-state index is 14.0. The first-order chi connectivity index (χ1) is 26.4. The van der Waals surface area contributed by atoms with Crippen LogP contribution in [-0.4, -0.2) is 81.5 Å². The van der Waals surface area contributed by atoms with Crippen LogP contribution in [0.5, 0.6) is 0 Å². The number of amidine groups is 1. The molecule has 0 radical (unpaired) electrons. The van der Waals surface area contributed by atoms with E-state index < -0.39 is 27.6 Å². The lowest BCUT2D eigenvalue weighted by Gasteiger charge is -2.29. The highest BCUT2D eigenvalue weighted by Crippen LogP contribution is 2.33. The summed E-state index contributed by atoms with van der Waals surface area (Å²) in [6, 6.07) is 21.7. The molecule has 3 aliphatic rings. The summed E-state index contributed by atoms with van der Waals surface area (Å²) in [4.78, 5) is 44.5. The topological polar surface area (TPSA) is 168 Å². The number of anilines is 1. The maximum atomic E-state index is 14.0. The van der Waals surface area contributed by atoms with Crippen molar-refractivity contribution in [2.75, 3.05) is 44.8 Å². The van der Waals surface area contributed by atoms with E-state index in [1.165, 1.54) is 4.31 Å². The third-order valence-electron chi connectivity index (χ3n) is 10.1. The first-order valence-corrected chi connectivity index (χ1v) is 20.4. The van der Waals surface area contributed by atoms with Crippen LogP contribution in [0.15, 0.2) is 92.9 Å². The molecule has 1 atom stereocenters. The van der Waals surface area contributed by atoms with Crippen LogP contribution < -0.4 is 10.6 Å². The van der Waals surface area contributed by atoms with Crippen LogP contribution in [0.25, 0.3) is 11.1 Å². The Morgan fingerprint density at radius 2 is 1.65 bits per heavy atom. The third-order valence-corrected chi connectivity index (χ3v) is 12.1. The van der Waals surface area contributed by atoms with Crippen LogP contribution in [0, 0.1) is 17.8 Å². The van der Waals surface area contributed by atoms with Crippen LogP contribution in [0.2, 0.25) is 0 Å². The van der Waals surface area contributed by atoms with E-state index in [1.54, 1.807) is 30.3 Å². The standard InChI is InChI=1S/C41H50N6O7S/c1-41(2,3)54-40(50)42-26-28-11-13-30(14-12-28)36(48)25-33(39(49)45-34-17-15-31(16-18-34)38-43-27-44-46-38)24-29-7-6-8-32(23-29)35-9-4-5-10-37(35)55(51,52)47-19-21-53-22-20-47/h4-10,15-18,23,28,30,33H,11-14,19-22,24-27H2,1-3H3,(H,42,50)(H,45,49)/t28?,30?,33-/m1/s1. The summed E-state index contributed by atoms with van der Waals surface area (Å²) in [5, 5.41) is 13.8. The molecule has 1 saturated carbocycles. The number of rotatable bonds is 13. The van der Waals surface area contributed by atoms with Crippen molar-refractivity contribution >= 4 is 39.3 Å². The van der Waals surface area contributed by atoms with Gasteiger partial charge in [0.25, 0.3) is 0 Å². The van der Waals surface area contributed by atoms with Gasteiger partial charge < -0.3 is 20.1 Å². The summed E-state index contributed by atoms with van der Waals surface area (Å²) >= 11 is 0. The molecule has 292 valence electrons. The molecule has 0 spiro atoms. The Bertz CT molecular complexity index is 2010. The third kappa shape index (κ3) is 10.7. The lowest BCUT2D eigenvalue weighted by molar-refractivity contribution is -0.129. The van der Waals surface area contributed by atoms with Crippen LogP contribution in [0.1, 0.15) is 64.0 Å². The van der Waals surface area contributed by atoms with Crippen LogP contribution in [-0.2, 0) is 35.5 Å². The Balaban J connectivity index is 1.17. The van der Waals surface area contributed by atoms with E-state index in [9.17, 15) is 22.8 Å². The molecule has 0 bridgehead atoms. The normalized spacial score (nSPS) is 19.7. The second-order valence-corrected chi connectivity index (χ2v) is 17.2. The van der Waals surface area contributed by atoms with Crippen LogP contribution in [0.3, 0.4) is 0 Å². The number of ketones is 1. The number of hydrogen-bond acceptors (Lipinski definition) is 10. The van der Waals surface area contributed by atoms with Crippen molar-refractivity contribution in [2.24, 2.45) is 33.0 Å². The van der Waals surface area contributed by atoms with Crippen molar-refractivity contribution in [2.45, 2.75) is 69.8 Å². The molecule has 14 heteroatoms. The molecule has 2 heterocycles. The summed E-state index contributed by atoms with van der Waals surface area (Å²) in [7, 11) is -3.78. The van der Waals surface area contributed by atoms with E-state index >= 15 is 0 Å². The van der Waals surface area contributed by atoms with Gasteiger partial charge in [0.1, 0.15) is 11.4 Å². The molecular weight excluding hydrogens is 721 g/mol. The van der Waals surface area contributed by atoms with Gasteiger partial charge in [0, 0.05) is 54.7 Å². The summed E-state index contributed by atoms with van der Waals surface area (Å²) in [5.74, 6) is -0.331. The molecule has 1 saturated heterocycles. The number of hydrogen-bond donors (Lipinski definition) is 2. The number of carbonyl (C=O) groups is 3. The quantitative estimate of drug-likeness (QED) is 0.197. The Kier molecular flexibility index (Phi) is 12.9. The molecule has 2 aliphatic heterocycles. The fraction of sp³-hybridized carbons (Fsp3) is 0.463. The molecule has 2 amide bonds. The summed E-state index contributed by atoms with van der Waals surface area (Å²) in [5.41, 5.74) is 2.87. The minimum Gasteiger partial charge on any atom is -0.444 e. The summed E-state index contributed by atoms with van der Waals surface area (Å²) in [6.07, 6.45) is 2.82. The zero-order valence-electron chi connectivity index (χ0n) is 31.7. The lowest BCUT2D eigenvalue weighted by atomic mass is 9.77. The first kappa shape index (κ1) is 39.9. The molecule has 2 fully saturated rings. The molecule has 3 aromatic carbocycles. The predicted octanol–water partition coefficient (Wildman–Crippen LogP) is 6.63. The van der Waals surface area contributed by atoms with Gasteiger partial charge in [-0.25, -0.2) is 18.2 Å². The SMILES string of the molecule is CC(C)(C)OC(=O)NCC1CCC(C(=O)C[C@@H](Cc2cccc(-c3ccccc3S(=O)(=O)N3CCOCC3)c2)C(=O)Nc2ccc(C3=NCN=N3)cc2)CC1. The summed E-state index contributed by atoms with van der Waals surface area (Å²) < 4.78 is 39.7.